The van der Waals surface area contributed by atoms with Crippen LogP contribution in [0.15, 0.2) is 15.9 Å². The minimum absolute atomic E-state index is 0.374. The van der Waals surface area contributed by atoms with E-state index in [4.69, 9.17) is 0 Å². The third kappa shape index (κ3) is 2.86. The summed E-state index contributed by atoms with van der Waals surface area (Å²) in [6.07, 6.45) is -0.374. The van der Waals surface area contributed by atoms with E-state index in [9.17, 15) is 5.11 Å². The second-order valence-corrected chi connectivity index (χ2v) is 4.96. The Kier molecular flexibility index (Phi) is 4.21. The van der Waals surface area contributed by atoms with E-state index in [-0.39, 0.29) is 6.10 Å². The molecule has 12 heavy (non-hydrogen) atoms. The number of rotatable bonds is 4. The molecule has 0 amide bonds. The number of aliphatic hydroxyl groups excluding tert-OH is 1. The fraction of sp³-hybridized carbons (Fsp3) is 0.500. The van der Waals surface area contributed by atoms with Gasteiger partial charge in [-0.05, 0) is 34.6 Å². The lowest BCUT2D eigenvalue weighted by Gasteiger charge is -2.07. The molecule has 68 valence electrons. The van der Waals surface area contributed by atoms with Crippen molar-refractivity contribution in [3.8, 4) is 0 Å². The van der Waals surface area contributed by atoms with Crippen LogP contribution in [0.3, 0.4) is 0 Å². The summed E-state index contributed by atoms with van der Waals surface area (Å²) in [6, 6.07) is 3.89. The van der Waals surface area contributed by atoms with Crippen LogP contribution < -0.4 is 5.32 Å². The molecule has 1 aromatic heterocycles. The fourth-order valence-corrected chi connectivity index (χ4v) is 2.30. The van der Waals surface area contributed by atoms with Crippen molar-refractivity contribution in [1.82, 2.24) is 5.32 Å². The van der Waals surface area contributed by atoms with Crippen molar-refractivity contribution >= 4 is 27.3 Å². The Hall–Kier alpha value is 0.1000. The zero-order valence-electron chi connectivity index (χ0n) is 6.88. The quantitative estimate of drug-likeness (QED) is 0.858. The van der Waals surface area contributed by atoms with Crippen LogP contribution in [0.4, 0.5) is 0 Å². The molecule has 1 unspecified atom stereocenters. The summed E-state index contributed by atoms with van der Waals surface area (Å²) in [7, 11) is 0. The van der Waals surface area contributed by atoms with Crippen LogP contribution in [0.5, 0.6) is 0 Å². The van der Waals surface area contributed by atoms with E-state index in [2.05, 4.69) is 21.2 Å². The van der Waals surface area contributed by atoms with Crippen LogP contribution in [0, 0.1) is 0 Å². The lowest BCUT2D eigenvalue weighted by atomic mass is 10.3. The Balaban J connectivity index is 2.47. The fourth-order valence-electron chi connectivity index (χ4n) is 0.889. The van der Waals surface area contributed by atoms with Gasteiger partial charge in [0.1, 0.15) is 6.10 Å². The summed E-state index contributed by atoms with van der Waals surface area (Å²) in [5.74, 6) is 0. The number of nitrogens with one attached hydrogen (secondary N) is 1. The molecule has 0 bridgehead atoms. The topological polar surface area (TPSA) is 32.3 Å². The zero-order valence-corrected chi connectivity index (χ0v) is 9.28. The Morgan fingerprint density at radius 1 is 1.67 bits per heavy atom. The Labute approximate surface area is 84.7 Å². The van der Waals surface area contributed by atoms with Gasteiger partial charge in [-0.15, -0.1) is 11.3 Å². The van der Waals surface area contributed by atoms with Crippen LogP contribution in [0.1, 0.15) is 17.9 Å². The van der Waals surface area contributed by atoms with Crippen LogP contribution in [0.25, 0.3) is 0 Å². The van der Waals surface area contributed by atoms with Crippen molar-refractivity contribution < 1.29 is 5.11 Å². The SMILES string of the molecule is CCNCC(O)c1ccc(Br)s1. The highest BCUT2D eigenvalue weighted by Crippen LogP contribution is 2.26. The highest BCUT2D eigenvalue weighted by atomic mass is 79.9. The minimum Gasteiger partial charge on any atom is -0.386 e. The number of hydrogen-bond donors (Lipinski definition) is 2. The normalized spacial score (nSPS) is 13.2. The molecule has 1 atom stereocenters. The van der Waals surface area contributed by atoms with Crippen molar-refractivity contribution in [2.75, 3.05) is 13.1 Å². The third-order valence-electron chi connectivity index (χ3n) is 1.51. The molecule has 0 saturated carbocycles. The molecule has 0 aliphatic carbocycles. The van der Waals surface area contributed by atoms with Gasteiger partial charge in [-0.2, -0.15) is 0 Å². The van der Waals surface area contributed by atoms with Gasteiger partial charge in [0, 0.05) is 11.4 Å². The molecule has 0 saturated heterocycles. The molecule has 1 heterocycles. The molecule has 0 fully saturated rings. The molecule has 0 aromatic carbocycles. The van der Waals surface area contributed by atoms with Crippen LogP contribution in [0.2, 0.25) is 0 Å². The second kappa shape index (κ2) is 4.97. The second-order valence-electron chi connectivity index (χ2n) is 2.47. The Morgan fingerprint density at radius 2 is 2.42 bits per heavy atom. The first-order chi connectivity index (χ1) is 5.74. The maximum absolute atomic E-state index is 9.59. The van der Waals surface area contributed by atoms with Gasteiger partial charge in [-0.1, -0.05) is 6.92 Å². The lowest BCUT2D eigenvalue weighted by molar-refractivity contribution is 0.179. The predicted molar refractivity (Wildman–Crippen MR) is 55.5 cm³/mol. The first-order valence-corrected chi connectivity index (χ1v) is 5.49. The number of likely N-dealkylation sites (N-methyl/N-ethyl adjacent to an activating group) is 1. The van der Waals surface area contributed by atoms with Crippen molar-refractivity contribution in [2.45, 2.75) is 13.0 Å². The maximum Gasteiger partial charge on any atom is 0.101 e. The van der Waals surface area contributed by atoms with E-state index in [1.165, 1.54) is 0 Å². The number of thiophene rings is 1. The van der Waals surface area contributed by atoms with E-state index in [1.807, 2.05) is 19.1 Å². The summed E-state index contributed by atoms with van der Waals surface area (Å²) >= 11 is 4.93. The van der Waals surface area contributed by atoms with E-state index < -0.39 is 0 Å². The Bertz CT molecular complexity index is 239. The lowest BCUT2D eigenvalue weighted by Crippen LogP contribution is -2.20. The van der Waals surface area contributed by atoms with Crippen LogP contribution >= 0.6 is 27.3 Å². The van der Waals surface area contributed by atoms with Gasteiger partial charge in [0.2, 0.25) is 0 Å². The summed E-state index contributed by atoms with van der Waals surface area (Å²) in [4.78, 5) is 1.00. The molecular formula is C8H12BrNOS. The van der Waals surface area contributed by atoms with Crippen molar-refractivity contribution in [1.29, 1.82) is 0 Å². The van der Waals surface area contributed by atoms with E-state index in [1.54, 1.807) is 11.3 Å². The summed E-state index contributed by atoms with van der Waals surface area (Å²) in [6.45, 7) is 3.55. The van der Waals surface area contributed by atoms with Gasteiger partial charge in [-0.3, -0.25) is 0 Å². The first kappa shape index (κ1) is 10.2. The van der Waals surface area contributed by atoms with Crippen molar-refractivity contribution in [3.05, 3.63) is 20.8 Å². The summed E-state index contributed by atoms with van der Waals surface area (Å²) < 4.78 is 1.06. The first-order valence-electron chi connectivity index (χ1n) is 3.88. The van der Waals surface area contributed by atoms with Gasteiger partial charge in [0.05, 0.1) is 3.79 Å². The number of halogens is 1. The average Bonchev–Trinajstić information content (AvgIpc) is 2.47. The van der Waals surface area contributed by atoms with E-state index >= 15 is 0 Å². The smallest absolute Gasteiger partial charge is 0.101 e. The highest BCUT2D eigenvalue weighted by Gasteiger charge is 2.08. The number of aliphatic hydroxyl groups is 1. The molecule has 2 nitrogen and oxygen atoms in total. The molecule has 1 rings (SSSR count). The molecule has 4 heteroatoms. The number of hydrogen-bond acceptors (Lipinski definition) is 3. The molecule has 0 spiro atoms. The summed E-state index contributed by atoms with van der Waals surface area (Å²) in [5.41, 5.74) is 0. The predicted octanol–water partition coefficient (Wildman–Crippen LogP) is 2.15. The Morgan fingerprint density at radius 3 is 2.92 bits per heavy atom. The molecular weight excluding hydrogens is 238 g/mol. The molecule has 0 aliphatic heterocycles. The van der Waals surface area contributed by atoms with Gasteiger partial charge in [-0.25, -0.2) is 0 Å². The standard InChI is InChI=1S/C8H12BrNOS/c1-2-10-5-6(11)7-3-4-8(9)12-7/h3-4,6,10-11H,2,5H2,1H3. The summed E-state index contributed by atoms with van der Waals surface area (Å²) in [5, 5.41) is 12.7. The molecule has 2 N–H and O–H groups in total. The molecule has 0 aliphatic rings. The van der Waals surface area contributed by atoms with Crippen LogP contribution in [-0.2, 0) is 0 Å². The minimum atomic E-state index is -0.374. The average molecular weight is 250 g/mol. The van der Waals surface area contributed by atoms with Crippen LogP contribution in [-0.4, -0.2) is 18.2 Å². The van der Waals surface area contributed by atoms with Crippen molar-refractivity contribution in [3.63, 3.8) is 0 Å². The van der Waals surface area contributed by atoms with Crippen molar-refractivity contribution in [2.24, 2.45) is 0 Å². The van der Waals surface area contributed by atoms with Gasteiger partial charge >= 0.3 is 0 Å². The largest absolute Gasteiger partial charge is 0.386 e. The van der Waals surface area contributed by atoms with Gasteiger partial charge < -0.3 is 10.4 Å². The molecule has 0 radical (unpaired) electrons. The monoisotopic (exact) mass is 249 g/mol. The van der Waals surface area contributed by atoms with Gasteiger partial charge in [0.15, 0.2) is 0 Å². The van der Waals surface area contributed by atoms with Gasteiger partial charge in [0.25, 0.3) is 0 Å². The van der Waals surface area contributed by atoms with E-state index in [0.29, 0.717) is 6.54 Å². The maximum atomic E-state index is 9.59. The molecule has 1 aromatic rings. The van der Waals surface area contributed by atoms with E-state index in [0.717, 1.165) is 15.2 Å². The zero-order chi connectivity index (χ0) is 8.97. The third-order valence-corrected chi connectivity index (χ3v) is 3.23. The highest BCUT2D eigenvalue weighted by molar-refractivity contribution is 9.11.